The zero-order chi connectivity index (χ0) is 22.1. The van der Waals surface area contributed by atoms with E-state index in [0.29, 0.717) is 11.2 Å². The summed E-state index contributed by atoms with van der Waals surface area (Å²) in [4.78, 5) is 0. The van der Waals surface area contributed by atoms with E-state index in [4.69, 9.17) is 0 Å². The summed E-state index contributed by atoms with van der Waals surface area (Å²) in [5.74, 6) is 0.376. The fraction of sp³-hybridized carbons (Fsp3) is 0.571. The lowest BCUT2D eigenvalue weighted by molar-refractivity contribution is 0.258. The third-order valence-electron chi connectivity index (χ3n) is 6.56. The molecule has 0 radical (unpaired) electrons. The largest absolute Gasteiger partial charge is 0.508 e. The van der Waals surface area contributed by atoms with Gasteiger partial charge < -0.3 is 10.4 Å². The van der Waals surface area contributed by atoms with Crippen molar-refractivity contribution in [1.82, 2.24) is 0 Å². The molecule has 0 aromatic heterocycles. The molecule has 0 saturated carbocycles. The summed E-state index contributed by atoms with van der Waals surface area (Å²) < 4.78 is 0. The second kappa shape index (κ2) is 11.4. The maximum absolute atomic E-state index is 9.95. The molecule has 1 aromatic carbocycles. The summed E-state index contributed by atoms with van der Waals surface area (Å²) in [5, 5.41) is 13.2. The van der Waals surface area contributed by atoms with Crippen LogP contribution < -0.4 is 5.32 Å². The van der Waals surface area contributed by atoms with Crippen LogP contribution in [0.15, 0.2) is 47.1 Å². The molecule has 1 aliphatic carbocycles. The van der Waals surface area contributed by atoms with E-state index in [9.17, 15) is 5.11 Å². The first-order valence-corrected chi connectivity index (χ1v) is 11.7. The molecule has 1 aromatic rings. The molecule has 30 heavy (non-hydrogen) atoms. The van der Waals surface area contributed by atoms with E-state index in [1.165, 1.54) is 53.5 Å². The van der Waals surface area contributed by atoms with Crippen LogP contribution in [-0.4, -0.2) is 12.2 Å². The van der Waals surface area contributed by atoms with E-state index in [2.05, 4.69) is 58.2 Å². The maximum Gasteiger partial charge on any atom is 0.117 e. The van der Waals surface area contributed by atoms with Crippen LogP contribution in [0.5, 0.6) is 5.75 Å². The van der Waals surface area contributed by atoms with Gasteiger partial charge in [0, 0.05) is 18.8 Å². The number of phenolic OH excluding ortho intramolecular Hbond substituents is 1. The van der Waals surface area contributed by atoms with Gasteiger partial charge in [-0.2, -0.15) is 0 Å². The highest BCUT2D eigenvalue weighted by Crippen LogP contribution is 2.42. The number of hydrogen-bond acceptors (Lipinski definition) is 2. The van der Waals surface area contributed by atoms with Crippen molar-refractivity contribution in [3.63, 3.8) is 0 Å². The molecule has 0 fully saturated rings. The van der Waals surface area contributed by atoms with Crippen molar-refractivity contribution in [3.8, 4) is 5.75 Å². The Kier molecular flexibility index (Phi) is 9.27. The molecule has 0 spiro atoms. The van der Waals surface area contributed by atoms with E-state index in [0.717, 1.165) is 37.8 Å². The minimum atomic E-state index is 0.341. The van der Waals surface area contributed by atoms with Gasteiger partial charge in [-0.15, -0.1) is 0 Å². The van der Waals surface area contributed by atoms with Gasteiger partial charge in [-0.25, -0.2) is 0 Å². The SMILES string of the molecule is CNc1cc(O)cc2c1CC(C)(CC/C=C(\C)CC/C=C(\C)CCC=C(C)C)CC2. The minimum Gasteiger partial charge on any atom is -0.508 e. The first-order chi connectivity index (χ1) is 14.2. The van der Waals surface area contributed by atoms with Gasteiger partial charge in [0.25, 0.3) is 0 Å². The molecule has 0 amide bonds. The van der Waals surface area contributed by atoms with Gasteiger partial charge in [-0.3, -0.25) is 0 Å². The highest BCUT2D eigenvalue weighted by Gasteiger charge is 2.30. The Labute approximate surface area is 185 Å². The topological polar surface area (TPSA) is 32.3 Å². The molecule has 2 heteroatoms. The molecule has 0 bridgehead atoms. The third-order valence-corrected chi connectivity index (χ3v) is 6.56. The lowest BCUT2D eigenvalue weighted by atomic mass is 9.70. The van der Waals surface area contributed by atoms with Crippen LogP contribution in [0.4, 0.5) is 5.69 Å². The van der Waals surface area contributed by atoms with Gasteiger partial charge in [0.05, 0.1) is 0 Å². The average molecular weight is 410 g/mol. The summed E-state index contributed by atoms with van der Waals surface area (Å²) in [6.45, 7) is 11.3. The first kappa shape index (κ1) is 24.3. The van der Waals surface area contributed by atoms with Gasteiger partial charge in [0.2, 0.25) is 0 Å². The molecule has 1 atom stereocenters. The van der Waals surface area contributed by atoms with Crippen LogP contribution in [0, 0.1) is 5.41 Å². The fourth-order valence-electron chi connectivity index (χ4n) is 4.54. The van der Waals surface area contributed by atoms with Crippen LogP contribution in [-0.2, 0) is 12.8 Å². The quantitative estimate of drug-likeness (QED) is 0.382. The van der Waals surface area contributed by atoms with E-state index < -0.39 is 0 Å². The average Bonchev–Trinajstić information content (AvgIpc) is 2.67. The Balaban J connectivity index is 1.82. The zero-order valence-corrected chi connectivity index (χ0v) is 20.2. The first-order valence-electron chi connectivity index (χ1n) is 11.7. The summed E-state index contributed by atoms with van der Waals surface area (Å²) in [5.41, 5.74) is 8.59. The third kappa shape index (κ3) is 7.70. The maximum atomic E-state index is 9.95. The minimum absolute atomic E-state index is 0.341. The number of nitrogens with one attached hydrogen (secondary N) is 1. The Bertz CT molecular complexity index is 778. The number of phenols is 1. The highest BCUT2D eigenvalue weighted by atomic mass is 16.3. The normalized spacial score (nSPS) is 19.4. The molecule has 166 valence electrons. The number of hydrogen-bond donors (Lipinski definition) is 2. The Morgan fingerprint density at radius 1 is 1.00 bits per heavy atom. The van der Waals surface area contributed by atoms with Crippen LogP contribution in [0.1, 0.15) is 90.7 Å². The van der Waals surface area contributed by atoms with Crippen molar-refractivity contribution < 1.29 is 5.11 Å². The van der Waals surface area contributed by atoms with Crippen molar-refractivity contribution in [3.05, 3.63) is 58.2 Å². The summed E-state index contributed by atoms with van der Waals surface area (Å²) in [6.07, 6.45) is 17.6. The lowest BCUT2D eigenvalue weighted by Gasteiger charge is -2.36. The van der Waals surface area contributed by atoms with Crippen LogP contribution in [0.2, 0.25) is 0 Å². The predicted octanol–water partition coefficient (Wildman–Crippen LogP) is 8.13. The Hall–Kier alpha value is -1.96. The van der Waals surface area contributed by atoms with E-state index in [1.54, 1.807) is 0 Å². The van der Waals surface area contributed by atoms with Crippen LogP contribution in [0.25, 0.3) is 0 Å². The molecule has 1 unspecified atom stereocenters. The van der Waals surface area contributed by atoms with Gasteiger partial charge in [0.1, 0.15) is 5.75 Å². The zero-order valence-electron chi connectivity index (χ0n) is 20.2. The second-order valence-corrected chi connectivity index (χ2v) is 9.87. The smallest absolute Gasteiger partial charge is 0.117 e. The molecular weight excluding hydrogens is 366 g/mol. The molecular formula is C28H43NO. The number of benzene rings is 1. The van der Waals surface area contributed by atoms with Crippen molar-refractivity contribution in [2.45, 2.75) is 92.4 Å². The van der Waals surface area contributed by atoms with E-state index in [-0.39, 0.29) is 0 Å². The van der Waals surface area contributed by atoms with Crippen molar-refractivity contribution in [2.24, 2.45) is 5.41 Å². The monoisotopic (exact) mass is 409 g/mol. The molecule has 2 nitrogen and oxygen atoms in total. The number of rotatable bonds is 10. The highest BCUT2D eigenvalue weighted by molar-refractivity contribution is 5.59. The second-order valence-electron chi connectivity index (χ2n) is 9.87. The van der Waals surface area contributed by atoms with Gasteiger partial charge in [-0.1, -0.05) is 41.9 Å². The van der Waals surface area contributed by atoms with Gasteiger partial charge in [-0.05, 0) is 108 Å². The molecule has 0 aliphatic heterocycles. The molecule has 0 heterocycles. The van der Waals surface area contributed by atoms with Crippen molar-refractivity contribution in [1.29, 1.82) is 0 Å². The van der Waals surface area contributed by atoms with Crippen molar-refractivity contribution >= 4 is 5.69 Å². The summed E-state index contributed by atoms with van der Waals surface area (Å²) >= 11 is 0. The molecule has 2 N–H and O–H groups in total. The number of anilines is 1. The number of aryl methyl sites for hydroxylation is 1. The van der Waals surface area contributed by atoms with Crippen LogP contribution >= 0.6 is 0 Å². The number of allylic oxidation sites excluding steroid dienone is 6. The Morgan fingerprint density at radius 3 is 2.27 bits per heavy atom. The standard InChI is InChI=1S/C28H43NO/c1-21(2)10-7-11-22(3)12-8-13-23(4)14-9-16-28(5)17-15-24-18-25(30)19-27(29-6)26(24)20-28/h10,12,14,18-19,29-30H,7-9,11,13,15-17,20H2,1-6H3/b22-12+,23-14+. The lowest BCUT2D eigenvalue weighted by Crippen LogP contribution is -2.26. The molecule has 1 aliphatic rings. The summed E-state index contributed by atoms with van der Waals surface area (Å²) in [6, 6.07) is 3.82. The fourth-order valence-corrected chi connectivity index (χ4v) is 4.54. The summed E-state index contributed by atoms with van der Waals surface area (Å²) in [7, 11) is 1.95. The number of aromatic hydroxyl groups is 1. The molecule has 0 saturated heterocycles. The number of fused-ring (bicyclic) bond motifs is 1. The van der Waals surface area contributed by atoms with E-state index >= 15 is 0 Å². The van der Waals surface area contributed by atoms with Crippen molar-refractivity contribution in [2.75, 3.05) is 12.4 Å². The Morgan fingerprint density at radius 2 is 1.63 bits per heavy atom. The predicted molar refractivity (Wildman–Crippen MR) is 132 cm³/mol. The molecule has 2 rings (SSSR count). The van der Waals surface area contributed by atoms with E-state index in [1.807, 2.05) is 19.2 Å². The van der Waals surface area contributed by atoms with Gasteiger partial charge >= 0.3 is 0 Å². The van der Waals surface area contributed by atoms with Gasteiger partial charge in [0.15, 0.2) is 0 Å². The van der Waals surface area contributed by atoms with Crippen LogP contribution in [0.3, 0.4) is 0 Å².